The van der Waals surface area contributed by atoms with Gasteiger partial charge in [0.15, 0.2) is 23.1 Å². The summed E-state index contributed by atoms with van der Waals surface area (Å²) in [6.45, 7) is 0. The van der Waals surface area contributed by atoms with E-state index in [0.29, 0.717) is 22.8 Å². The molecule has 3 aromatic rings. The zero-order valence-electron chi connectivity index (χ0n) is 19.2. The standard InChI is InChI=1S/C24H22Cl2FNO6S/c1-31-19-10-7-15(6-5-14-11-20(32-2)24(34-4)21(12-14)33-3)23(22(19)27)28-35(29,30)16-8-9-17(25)18(26)13-16/h5-13,28H,1-4H3. The molecule has 1 N–H and O–H groups in total. The number of anilines is 1. The SMILES string of the molecule is COc1ccc(C=Cc2cc(OC)c(OC)c(OC)c2)c(NS(=O)(=O)c2ccc(Cl)c(Cl)c2)c1F. The first-order chi connectivity index (χ1) is 16.6. The lowest BCUT2D eigenvalue weighted by molar-refractivity contribution is 0.324. The Hall–Kier alpha value is -3.14. The summed E-state index contributed by atoms with van der Waals surface area (Å²) in [6.07, 6.45) is 3.18. The first kappa shape index (κ1) is 26.5. The third-order valence-corrected chi connectivity index (χ3v) is 7.03. The number of rotatable bonds is 9. The Labute approximate surface area is 213 Å². The van der Waals surface area contributed by atoms with Gasteiger partial charge in [0.1, 0.15) is 0 Å². The van der Waals surface area contributed by atoms with Crippen molar-refractivity contribution < 1.29 is 31.8 Å². The van der Waals surface area contributed by atoms with Crippen molar-refractivity contribution >= 4 is 51.1 Å². The smallest absolute Gasteiger partial charge is 0.262 e. The van der Waals surface area contributed by atoms with Crippen LogP contribution in [0.3, 0.4) is 0 Å². The Balaban J connectivity index is 2.07. The molecule has 0 aliphatic rings. The number of sulfonamides is 1. The largest absolute Gasteiger partial charge is 0.494 e. The molecule has 0 aliphatic carbocycles. The van der Waals surface area contributed by atoms with Crippen molar-refractivity contribution in [2.24, 2.45) is 0 Å². The second kappa shape index (κ2) is 11.1. The molecule has 7 nitrogen and oxygen atoms in total. The molecule has 0 fully saturated rings. The fourth-order valence-electron chi connectivity index (χ4n) is 3.19. The molecule has 3 rings (SSSR count). The number of hydrogen-bond acceptors (Lipinski definition) is 6. The van der Waals surface area contributed by atoms with Crippen LogP contribution in [0.4, 0.5) is 10.1 Å². The van der Waals surface area contributed by atoms with E-state index in [0.717, 1.165) is 0 Å². The third-order valence-electron chi connectivity index (χ3n) is 4.94. The maximum Gasteiger partial charge on any atom is 0.262 e. The lowest BCUT2D eigenvalue weighted by atomic mass is 10.1. The van der Waals surface area contributed by atoms with Gasteiger partial charge in [0, 0.05) is 5.56 Å². The van der Waals surface area contributed by atoms with E-state index in [2.05, 4.69) is 4.72 Å². The van der Waals surface area contributed by atoms with Gasteiger partial charge in [-0.15, -0.1) is 0 Å². The fraction of sp³-hybridized carbons (Fsp3) is 0.167. The first-order valence-corrected chi connectivity index (χ1v) is 12.2. The monoisotopic (exact) mass is 541 g/mol. The number of methoxy groups -OCH3 is 4. The third kappa shape index (κ3) is 5.75. The molecule has 0 amide bonds. The number of hydrogen-bond donors (Lipinski definition) is 1. The Morgan fingerprint density at radius 2 is 1.43 bits per heavy atom. The fourth-order valence-corrected chi connectivity index (χ4v) is 4.67. The lowest BCUT2D eigenvalue weighted by Crippen LogP contribution is -2.15. The van der Waals surface area contributed by atoms with Gasteiger partial charge in [-0.2, -0.15) is 0 Å². The van der Waals surface area contributed by atoms with Crippen LogP contribution in [0.15, 0.2) is 47.4 Å². The van der Waals surface area contributed by atoms with Gasteiger partial charge in [0.05, 0.1) is 49.1 Å². The summed E-state index contributed by atoms with van der Waals surface area (Å²) in [5.41, 5.74) is 0.564. The van der Waals surface area contributed by atoms with Crippen molar-refractivity contribution in [1.82, 2.24) is 0 Å². The predicted molar refractivity (Wildman–Crippen MR) is 135 cm³/mol. The number of benzene rings is 3. The minimum absolute atomic E-state index is 0.0446. The highest BCUT2D eigenvalue weighted by atomic mass is 35.5. The molecule has 0 saturated heterocycles. The van der Waals surface area contributed by atoms with E-state index in [1.165, 1.54) is 64.8 Å². The van der Waals surface area contributed by atoms with Crippen molar-refractivity contribution in [3.8, 4) is 23.0 Å². The quantitative estimate of drug-likeness (QED) is 0.327. The second-order valence-electron chi connectivity index (χ2n) is 7.02. The summed E-state index contributed by atoms with van der Waals surface area (Å²) in [4.78, 5) is -0.186. The van der Waals surface area contributed by atoms with Crippen molar-refractivity contribution in [2.45, 2.75) is 4.90 Å². The van der Waals surface area contributed by atoms with Gasteiger partial charge in [-0.1, -0.05) is 35.4 Å². The molecule has 0 bridgehead atoms. The molecule has 0 unspecified atom stereocenters. The minimum atomic E-state index is -4.21. The van der Waals surface area contributed by atoms with Crippen LogP contribution in [-0.2, 0) is 10.0 Å². The zero-order chi connectivity index (χ0) is 25.8. The summed E-state index contributed by atoms with van der Waals surface area (Å²) in [5, 5.41) is 0.232. The zero-order valence-corrected chi connectivity index (χ0v) is 21.5. The average Bonchev–Trinajstić information content (AvgIpc) is 2.85. The predicted octanol–water partition coefficient (Wildman–Crippen LogP) is 6.14. The maximum atomic E-state index is 15.2. The topological polar surface area (TPSA) is 83.1 Å². The van der Waals surface area contributed by atoms with E-state index in [4.69, 9.17) is 42.1 Å². The molecule has 0 saturated carbocycles. The van der Waals surface area contributed by atoms with Crippen molar-refractivity contribution in [1.29, 1.82) is 0 Å². The normalized spacial score (nSPS) is 11.4. The van der Waals surface area contributed by atoms with E-state index in [9.17, 15) is 8.42 Å². The summed E-state index contributed by atoms with van der Waals surface area (Å²) in [5.74, 6) is 0.239. The molecule has 0 heterocycles. The van der Waals surface area contributed by atoms with Gasteiger partial charge < -0.3 is 18.9 Å². The highest BCUT2D eigenvalue weighted by Crippen LogP contribution is 2.39. The molecular weight excluding hydrogens is 520 g/mol. The van der Waals surface area contributed by atoms with Crippen molar-refractivity contribution in [2.75, 3.05) is 33.2 Å². The summed E-state index contributed by atoms with van der Waals surface area (Å²) in [6, 6.07) is 10.1. The van der Waals surface area contributed by atoms with Crippen molar-refractivity contribution in [3.63, 3.8) is 0 Å². The van der Waals surface area contributed by atoms with Crippen molar-refractivity contribution in [3.05, 3.63) is 69.5 Å². The molecule has 11 heteroatoms. The van der Waals surface area contributed by atoms with E-state index < -0.39 is 15.8 Å². The molecule has 3 aromatic carbocycles. The van der Waals surface area contributed by atoms with Gasteiger partial charge in [-0.05, 0) is 48.0 Å². The van der Waals surface area contributed by atoms with Gasteiger partial charge in [0.25, 0.3) is 10.0 Å². The number of halogens is 3. The molecule has 186 valence electrons. The van der Waals surface area contributed by atoms with Crippen LogP contribution in [0, 0.1) is 5.82 Å². The maximum absolute atomic E-state index is 15.2. The highest BCUT2D eigenvalue weighted by molar-refractivity contribution is 7.92. The molecule has 0 atom stereocenters. The van der Waals surface area contributed by atoms with Crippen LogP contribution < -0.4 is 23.7 Å². The summed E-state index contributed by atoms with van der Waals surface area (Å²) in [7, 11) is 1.52. The molecule has 0 spiro atoms. The Morgan fingerprint density at radius 3 is 1.97 bits per heavy atom. The van der Waals surface area contributed by atoms with Crippen LogP contribution >= 0.6 is 23.2 Å². The minimum Gasteiger partial charge on any atom is -0.494 e. The Bertz CT molecular complexity index is 1350. The average molecular weight is 542 g/mol. The summed E-state index contributed by atoms with van der Waals surface area (Å²) >= 11 is 11.8. The summed E-state index contributed by atoms with van der Waals surface area (Å²) < 4.78 is 64.5. The molecular formula is C24H22Cl2FNO6S. The Morgan fingerprint density at radius 1 is 0.800 bits per heavy atom. The van der Waals surface area contributed by atoms with Crippen LogP contribution in [0.1, 0.15) is 11.1 Å². The van der Waals surface area contributed by atoms with Gasteiger partial charge in [-0.25, -0.2) is 12.8 Å². The van der Waals surface area contributed by atoms with Gasteiger partial charge in [-0.3, -0.25) is 4.72 Å². The lowest BCUT2D eigenvalue weighted by Gasteiger charge is -2.15. The van der Waals surface area contributed by atoms with E-state index in [1.807, 2.05) is 0 Å². The molecule has 0 aliphatic heterocycles. The van der Waals surface area contributed by atoms with Gasteiger partial charge >= 0.3 is 0 Å². The van der Waals surface area contributed by atoms with Crippen LogP contribution in [0.2, 0.25) is 10.0 Å². The molecule has 35 heavy (non-hydrogen) atoms. The van der Waals surface area contributed by atoms with E-state index in [1.54, 1.807) is 18.2 Å². The number of nitrogens with one attached hydrogen (secondary N) is 1. The molecule has 0 aromatic heterocycles. The van der Waals surface area contributed by atoms with E-state index >= 15 is 4.39 Å². The second-order valence-corrected chi connectivity index (χ2v) is 9.52. The van der Waals surface area contributed by atoms with Crippen LogP contribution in [0.25, 0.3) is 12.2 Å². The Kier molecular flexibility index (Phi) is 8.37. The molecule has 0 radical (unpaired) electrons. The highest BCUT2D eigenvalue weighted by Gasteiger charge is 2.22. The van der Waals surface area contributed by atoms with Crippen LogP contribution in [-0.4, -0.2) is 36.9 Å². The first-order valence-electron chi connectivity index (χ1n) is 9.97. The van der Waals surface area contributed by atoms with Crippen LogP contribution in [0.5, 0.6) is 23.0 Å². The van der Waals surface area contributed by atoms with Gasteiger partial charge in [0.2, 0.25) is 5.75 Å². The number of ether oxygens (including phenoxy) is 4. The van der Waals surface area contributed by atoms with E-state index in [-0.39, 0.29) is 31.9 Å².